The van der Waals surface area contributed by atoms with Crippen LogP contribution in [0.2, 0.25) is 0 Å². The van der Waals surface area contributed by atoms with Gasteiger partial charge in [0.2, 0.25) is 5.13 Å². The summed E-state index contributed by atoms with van der Waals surface area (Å²) < 4.78 is 4.21. The van der Waals surface area contributed by atoms with Gasteiger partial charge in [0.05, 0.1) is 0 Å². The molecule has 1 aromatic rings. The standard InChI is InChI=1S/C9H18N4S/c1-5-8-11-9(14-12-8)10-6-7(2)13(3)4/h7H,5-6H2,1-4H3,(H,10,11,12). The number of aryl methyl sites for hydroxylation is 1. The Bertz CT molecular complexity index is 272. The van der Waals surface area contributed by atoms with E-state index in [-0.39, 0.29) is 0 Å². The highest BCUT2D eigenvalue weighted by Crippen LogP contribution is 2.11. The van der Waals surface area contributed by atoms with Crippen molar-refractivity contribution in [3.05, 3.63) is 5.82 Å². The molecule has 0 saturated heterocycles. The predicted octanol–water partition coefficient (Wildman–Crippen LogP) is 1.46. The van der Waals surface area contributed by atoms with Crippen LogP contribution in [0.3, 0.4) is 0 Å². The van der Waals surface area contributed by atoms with Crippen LogP contribution in [-0.2, 0) is 6.42 Å². The Morgan fingerprint density at radius 1 is 1.50 bits per heavy atom. The zero-order valence-electron chi connectivity index (χ0n) is 9.24. The molecule has 1 heterocycles. The third-order valence-electron chi connectivity index (χ3n) is 2.21. The molecule has 1 unspecified atom stereocenters. The van der Waals surface area contributed by atoms with Crippen molar-refractivity contribution in [3.8, 4) is 0 Å². The van der Waals surface area contributed by atoms with E-state index in [2.05, 4.69) is 47.5 Å². The van der Waals surface area contributed by atoms with Gasteiger partial charge >= 0.3 is 0 Å². The van der Waals surface area contributed by atoms with E-state index in [0.717, 1.165) is 23.9 Å². The van der Waals surface area contributed by atoms with E-state index < -0.39 is 0 Å². The molecule has 80 valence electrons. The summed E-state index contributed by atoms with van der Waals surface area (Å²) in [6, 6.07) is 0.504. The summed E-state index contributed by atoms with van der Waals surface area (Å²) in [6.45, 7) is 5.15. The van der Waals surface area contributed by atoms with Gasteiger partial charge in [0.15, 0.2) is 0 Å². The molecule has 1 atom stereocenters. The molecule has 0 radical (unpaired) electrons. The van der Waals surface area contributed by atoms with E-state index in [0.29, 0.717) is 6.04 Å². The fourth-order valence-corrected chi connectivity index (χ4v) is 1.54. The molecule has 0 aliphatic carbocycles. The van der Waals surface area contributed by atoms with E-state index in [4.69, 9.17) is 0 Å². The number of rotatable bonds is 5. The maximum atomic E-state index is 4.34. The number of aromatic nitrogens is 2. The molecule has 1 aromatic heterocycles. The molecule has 0 bridgehead atoms. The molecule has 1 rings (SSSR count). The van der Waals surface area contributed by atoms with Gasteiger partial charge in [-0.1, -0.05) is 6.92 Å². The molecule has 0 aliphatic rings. The first-order chi connectivity index (χ1) is 6.63. The van der Waals surface area contributed by atoms with Crippen LogP contribution >= 0.6 is 11.5 Å². The lowest BCUT2D eigenvalue weighted by atomic mass is 10.3. The smallest absolute Gasteiger partial charge is 0.202 e. The Morgan fingerprint density at radius 3 is 2.71 bits per heavy atom. The molecule has 0 aromatic carbocycles. The maximum Gasteiger partial charge on any atom is 0.202 e. The van der Waals surface area contributed by atoms with Crippen LogP contribution in [0.5, 0.6) is 0 Å². The number of hydrogen-bond acceptors (Lipinski definition) is 5. The molecular formula is C9H18N4S. The zero-order valence-corrected chi connectivity index (χ0v) is 10.1. The van der Waals surface area contributed by atoms with Gasteiger partial charge in [-0.2, -0.15) is 4.37 Å². The zero-order chi connectivity index (χ0) is 10.6. The lowest BCUT2D eigenvalue weighted by Crippen LogP contribution is -2.31. The molecule has 4 nitrogen and oxygen atoms in total. The minimum Gasteiger partial charge on any atom is -0.359 e. The molecule has 0 fully saturated rings. The quantitative estimate of drug-likeness (QED) is 0.805. The van der Waals surface area contributed by atoms with Crippen molar-refractivity contribution in [2.24, 2.45) is 0 Å². The predicted molar refractivity (Wildman–Crippen MR) is 60.9 cm³/mol. The second kappa shape index (κ2) is 5.26. The van der Waals surface area contributed by atoms with Crippen molar-refractivity contribution in [2.75, 3.05) is 26.0 Å². The summed E-state index contributed by atoms with van der Waals surface area (Å²) in [5, 5.41) is 4.21. The Morgan fingerprint density at radius 2 is 2.21 bits per heavy atom. The molecule has 0 amide bonds. The maximum absolute atomic E-state index is 4.34. The van der Waals surface area contributed by atoms with E-state index in [1.54, 1.807) is 0 Å². The second-order valence-electron chi connectivity index (χ2n) is 3.56. The lowest BCUT2D eigenvalue weighted by molar-refractivity contribution is 0.326. The Hall–Kier alpha value is -0.680. The first kappa shape index (κ1) is 11.4. The first-order valence-electron chi connectivity index (χ1n) is 4.86. The summed E-state index contributed by atoms with van der Waals surface area (Å²) in [7, 11) is 4.15. The average Bonchev–Trinajstić information content (AvgIpc) is 2.61. The molecule has 14 heavy (non-hydrogen) atoms. The summed E-state index contributed by atoms with van der Waals surface area (Å²) >= 11 is 1.44. The highest BCUT2D eigenvalue weighted by molar-refractivity contribution is 7.09. The third kappa shape index (κ3) is 3.23. The molecule has 5 heteroatoms. The number of anilines is 1. The van der Waals surface area contributed by atoms with Gasteiger partial charge in [0, 0.05) is 30.5 Å². The van der Waals surface area contributed by atoms with E-state index in [9.17, 15) is 0 Å². The van der Waals surface area contributed by atoms with Crippen LogP contribution < -0.4 is 5.32 Å². The highest BCUT2D eigenvalue weighted by Gasteiger charge is 2.06. The SMILES string of the molecule is CCc1nsc(NCC(C)N(C)C)n1. The summed E-state index contributed by atoms with van der Waals surface area (Å²) in [5.41, 5.74) is 0. The van der Waals surface area contributed by atoms with Gasteiger partial charge in [-0.3, -0.25) is 0 Å². The highest BCUT2D eigenvalue weighted by atomic mass is 32.1. The van der Waals surface area contributed by atoms with E-state index in [1.165, 1.54) is 11.5 Å². The van der Waals surface area contributed by atoms with Gasteiger partial charge in [-0.05, 0) is 21.0 Å². The fourth-order valence-electron chi connectivity index (χ4n) is 0.887. The van der Waals surface area contributed by atoms with Crippen LogP contribution in [-0.4, -0.2) is 40.9 Å². The molecule has 1 N–H and O–H groups in total. The Kier molecular flexibility index (Phi) is 4.28. The molecular weight excluding hydrogens is 196 g/mol. The van der Waals surface area contributed by atoms with Crippen molar-refractivity contribution >= 4 is 16.7 Å². The van der Waals surface area contributed by atoms with Gasteiger partial charge in [-0.25, -0.2) is 4.98 Å². The minimum absolute atomic E-state index is 0.504. The van der Waals surface area contributed by atoms with Crippen molar-refractivity contribution in [3.63, 3.8) is 0 Å². The minimum atomic E-state index is 0.504. The fraction of sp³-hybridized carbons (Fsp3) is 0.778. The van der Waals surface area contributed by atoms with Crippen LogP contribution in [0.1, 0.15) is 19.7 Å². The summed E-state index contributed by atoms with van der Waals surface area (Å²) in [4.78, 5) is 6.51. The van der Waals surface area contributed by atoms with Crippen molar-refractivity contribution in [1.29, 1.82) is 0 Å². The average molecular weight is 214 g/mol. The Balaban J connectivity index is 2.37. The molecule has 0 saturated carbocycles. The monoisotopic (exact) mass is 214 g/mol. The Labute approximate surface area is 89.5 Å². The number of hydrogen-bond donors (Lipinski definition) is 1. The van der Waals surface area contributed by atoms with Crippen molar-refractivity contribution < 1.29 is 0 Å². The summed E-state index contributed by atoms with van der Waals surface area (Å²) in [6.07, 6.45) is 0.904. The van der Waals surface area contributed by atoms with Crippen LogP contribution in [0.4, 0.5) is 5.13 Å². The van der Waals surface area contributed by atoms with Crippen molar-refractivity contribution in [1.82, 2.24) is 14.3 Å². The third-order valence-corrected chi connectivity index (χ3v) is 2.93. The van der Waals surface area contributed by atoms with Gasteiger partial charge in [0.1, 0.15) is 5.82 Å². The largest absolute Gasteiger partial charge is 0.359 e. The van der Waals surface area contributed by atoms with Crippen LogP contribution in [0.25, 0.3) is 0 Å². The number of nitrogens with zero attached hydrogens (tertiary/aromatic N) is 3. The van der Waals surface area contributed by atoms with Crippen LogP contribution in [0.15, 0.2) is 0 Å². The van der Waals surface area contributed by atoms with Gasteiger partial charge < -0.3 is 10.2 Å². The first-order valence-corrected chi connectivity index (χ1v) is 5.63. The van der Waals surface area contributed by atoms with Crippen molar-refractivity contribution in [2.45, 2.75) is 26.3 Å². The lowest BCUT2D eigenvalue weighted by Gasteiger charge is -2.19. The van der Waals surface area contributed by atoms with Gasteiger partial charge in [0.25, 0.3) is 0 Å². The topological polar surface area (TPSA) is 41.1 Å². The second-order valence-corrected chi connectivity index (χ2v) is 4.31. The molecule has 0 aliphatic heterocycles. The number of likely N-dealkylation sites (N-methyl/N-ethyl adjacent to an activating group) is 1. The number of nitrogens with one attached hydrogen (secondary N) is 1. The summed E-state index contributed by atoms with van der Waals surface area (Å²) in [5.74, 6) is 0.926. The van der Waals surface area contributed by atoms with E-state index in [1.807, 2.05) is 0 Å². The van der Waals surface area contributed by atoms with Crippen LogP contribution in [0, 0.1) is 0 Å². The van der Waals surface area contributed by atoms with Gasteiger partial charge in [-0.15, -0.1) is 0 Å². The normalized spacial score (nSPS) is 13.2. The van der Waals surface area contributed by atoms with E-state index >= 15 is 0 Å². The molecule has 0 spiro atoms.